The molecule has 2 aromatic heterocycles. The van der Waals surface area contributed by atoms with Crippen molar-refractivity contribution in [3.63, 3.8) is 0 Å². The summed E-state index contributed by atoms with van der Waals surface area (Å²) in [6.07, 6.45) is 3.45. The van der Waals surface area contributed by atoms with Gasteiger partial charge in [0.15, 0.2) is 5.82 Å². The third-order valence-corrected chi connectivity index (χ3v) is 10.9. The van der Waals surface area contributed by atoms with Crippen molar-refractivity contribution in [1.82, 2.24) is 29.5 Å². The number of benzene rings is 1. The van der Waals surface area contributed by atoms with Gasteiger partial charge in [-0.3, -0.25) is 33.7 Å². The van der Waals surface area contributed by atoms with Crippen molar-refractivity contribution in [2.75, 3.05) is 26.2 Å². The smallest absolute Gasteiger partial charge is 0.254 e. The first-order valence-corrected chi connectivity index (χ1v) is 16.8. The minimum absolute atomic E-state index is 0.0201. The fourth-order valence-corrected chi connectivity index (χ4v) is 8.57. The van der Waals surface area contributed by atoms with E-state index in [4.69, 9.17) is 16.6 Å². The molecule has 1 aromatic carbocycles. The van der Waals surface area contributed by atoms with Crippen molar-refractivity contribution in [2.24, 2.45) is 4.99 Å². The SMILES string of the molecule is Cc1sc2c(c1C)C(c1ccc(Cl)cc1)=NC(CC(=O)N1CCN(C(C)(C)CC(C)(C)N3C(=O)C=CC3=O)CC1)c1nnc(C)n1-2. The van der Waals surface area contributed by atoms with Gasteiger partial charge in [0.25, 0.3) is 11.8 Å². The number of halogens is 1. The summed E-state index contributed by atoms with van der Waals surface area (Å²) < 4.78 is 2.07. The molecule has 1 saturated heterocycles. The Bertz CT molecular complexity index is 1760. The van der Waals surface area contributed by atoms with Crippen LogP contribution in [0.15, 0.2) is 41.4 Å². The summed E-state index contributed by atoms with van der Waals surface area (Å²) in [5.74, 6) is 0.904. The normalized spacial score (nSPS) is 19.0. The van der Waals surface area contributed by atoms with Gasteiger partial charge < -0.3 is 4.90 Å². The van der Waals surface area contributed by atoms with Gasteiger partial charge in [0.1, 0.15) is 16.9 Å². The number of piperazine rings is 1. The second-order valence-corrected chi connectivity index (χ2v) is 15.3. The van der Waals surface area contributed by atoms with Crippen LogP contribution in [0.4, 0.5) is 0 Å². The van der Waals surface area contributed by atoms with Crippen molar-refractivity contribution in [3.8, 4) is 5.00 Å². The van der Waals surface area contributed by atoms with Gasteiger partial charge in [0, 0.05) is 70.4 Å². The van der Waals surface area contributed by atoms with E-state index in [-0.39, 0.29) is 29.7 Å². The van der Waals surface area contributed by atoms with Crippen LogP contribution in [0.25, 0.3) is 5.00 Å². The molecule has 0 aliphatic carbocycles. The summed E-state index contributed by atoms with van der Waals surface area (Å²) in [4.78, 5) is 50.8. The molecule has 10 nitrogen and oxygen atoms in total. The Morgan fingerprint density at radius 1 is 0.935 bits per heavy atom. The largest absolute Gasteiger partial charge is 0.340 e. The summed E-state index contributed by atoms with van der Waals surface area (Å²) in [6.45, 7) is 16.8. The van der Waals surface area contributed by atoms with Crippen molar-refractivity contribution >= 4 is 46.4 Å². The number of imide groups is 1. The number of amides is 3. The highest BCUT2D eigenvalue weighted by atomic mass is 35.5. The third kappa shape index (κ3) is 5.73. The van der Waals surface area contributed by atoms with E-state index in [1.54, 1.807) is 11.3 Å². The lowest BCUT2D eigenvalue weighted by Crippen LogP contribution is -2.60. The first kappa shape index (κ1) is 32.3. The molecule has 242 valence electrons. The topological polar surface area (TPSA) is 104 Å². The average Bonchev–Trinajstić information content (AvgIpc) is 3.61. The number of aryl methyl sites for hydroxylation is 2. The number of carbonyl (C=O) groups excluding carboxylic acids is 3. The van der Waals surface area contributed by atoms with Crippen LogP contribution in [-0.4, -0.2) is 90.2 Å². The van der Waals surface area contributed by atoms with Gasteiger partial charge in [0.2, 0.25) is 5.91 Å². The molecule has 0 N–H and O–H groups in total. The first-order valence-electron chi connectivity index (χ1n) is 15.6. The molecule has 3 aromatic rings. The molecular weight excluding hydrogens is 622 g/mol. The van der Waals surface area contributed by atoms with Gasteiger partial charge in [-0.1, -0.05) is 23.7 Å². The van der Waals surface area contributed by atoms with E-state index in [1.165, 1.54) is 21.9 Å². The van der Waals surface area contributed by atoms with Crippen LogP contribution in [0.5, 0.6) is 0 Å². The number of aliphatic imine (C=N–C) groups is 1. The minimum Gasteiger partial charge on any atom is -0.340 e. The minimum atomic E-state index is -0.653. The molecule has 5 heterocycles. The summed E-state index contributed by atoms with van der Waals surface area (Å²) in [7, 11) is 0. The number of fused-ring (bicyclic) bond motifs is 3. The van der Waals surface area contributed by atoms with E-state index in [1.807, 2.05) is 49.9 Å². The number of aromatic nitrogens is 3. The fraction of sp³-hybridized carbons (Fsp3) is 0.471. The predicted molar refractivity (Wildman–Crippen MR) is 180 cm³/mol. The molecule has 6 rings (SSSR count). The van der Waals surface area contributed by atoms with E-state index >= 15 is 0 Å². The molecule has 46 heavy (non-hydrogen) atoms. The molecule has 0 spiro atoms. The first-order chi connectivity index (χ1) is 21.7. The molecule has 3 aliphatic heterocycles. The van der Waals surface area contributed by atoms with Crippen molar-refractivity contribution in [1.29, 1.82) is 0 Å². The highest BCUT2D eigenvalue weighted by Crippen LogP contribution is 2.40. The van der Waals surface area contributed by atoms with Gasteiger partial charge in [-0.05, 0) is 72.6 Å². The Hall–Kier alpha value is -3.67. The summed E-state index contributed by atoms with van der Waals surface area (Å²) in [5, 5.41) is 10.6. The summed E-state index contributed by atoms with van der Waals surface area (Å²) in [6, 6.07) is 7.17. The van der Waals surface area contributed by atoms with E-state index in [2.05, 4.69) is 47.4 Å². The van der Waals surface area contributed by atoms with Crippen LogP contribution in [0.3, 0.4) is 0 Å². The lowest BCUT2D eigenvalue weighted by molar-refractivity contribution is -0.145. The zero-order valence-corrected chi connectivity index (χ0v) is 29.0. The highest BCUT2D eigenvalue weighted by molar-refractivity contribution is 7.15. The fourth-order valence-electron chi connectivity index (χ4n) is 7.23. The van der Waals surface area contributed by atoms with Crippen LogP contribution in [0.1, 0.15) is 79.8 Å². The van der Waals surface area contributed by atoms with Gasteiger partial charge in [-0.15, -0.1) is 21.5 Å². The zero-order chi connectivity index (χ0) is 33.1. The number of nitrogens with zero attached hydrogens (tertiary/aromatic N) is 7. The van der Waals surface area contributed by atoms with Crippen LogP contribution in [-0.2, 0) is 14.4 Å². The predicted octanol–water partition coefficient (Wildman–Crippen LogP) is 5.21. The summed E-state index contributed by atoms with van der Waals surface area (Å²) in [5.41, 5.74) is 3.00. The van der Waals surface area contributed by atoms with E-state index in [0.29, 0.717) is 43.4 Å². The molecule has 1 fully saturated rings. The molecule has 0 saturated carbocycles. The molecule has 0 radical (unpaired) electrons. The highest BCUT2D eigenvalue weighted by Gasteiger charge is 2.43. The van der Waals surface area contributed by atoms with Crippen LogP contribution < -0.4 is 0 Å². The monoisotopic (exact) mass is 661 g/mol. The number of hydrogen-bond donors (Lipinski definition) is 0. The number of thiophene rings is 1. The Morgan fingerprint density at radius 3 is 2.20 bits per heavy atom. The standard InChI is InChI=1S/C34H40ClN7O3S/c1-20-21(2)46-32-29(20)30(23-8-10-24(35)11-9-23)36-25(31-38-37-22(3)41(31)32)18-28(45)39-14-16-40(17-15-39)33(4,5)19-34(6,7)42-26(43)12-13-27(42)44/h8-13,25H,14-19H2,1-7H3. The quantitative estimate of drug-likeness (QED) is 0.322. The molecular formula is C34H40ClN7O3S. The molecule has 0 bridgehead atoms. The van der Waals surface area contributed by atoms with Gasteiger partial charge in [-0.2, -0.15) is 0 Å². The lowest BCUT2D eigenvalue weighted by Gasteiger charge is -2.48. The Morgan fingerprint density at radius 2 is 1.57 bits per heavy atom. The maximum Gasteiger partial charge on any atom is 0.254 e. The Kier molecular flexibility index (Phi) is 8.31. The van der Waals surface area contributed by atoms with Crippen molar-refractivity contribution in [3.05, 3.63) is 74.7 Å². The number of carbonyl (C=O) groups is 3. The van der Waals surface area contributed by atoms with E-state index in [9.17, 15) is 14.4 Å². The van der Waals surface area contributed by atoms with Crippen molar-refractivity contribution in [2.45, 2.75) is 78.4 Å². The summed E-state index contributed by atoms with van der Waals surface area (Å²) >= 11 is 7.93. The van der Waals surface area contributed by atoms with Gasteiger partial charge >= 0.3 is 0 Å². The van der Waals surface area contributed by atoms with E-state index in [0.717, 1.165) is 33.2 Å². The zero-order valence-electron chi connectivity index (χ0n) is 27.4. The maximum absolute atomic E-state index is 13.9. The number of hydrogen-bond acceptors (Lipinski definition) is 8. The average molecular weight is 662 g/mol. The van der Waals surface area contributed by atoms with Gasteiger partial charge in [-0.25, -0.2) is 0 Å². The van der Waals surface area contributed by atoms with Crippen molar-refractivity contribution < 1.29 is 14.4 Å². The maximum atomic E-state index is 13.9. The molecule has 1 unspecified atom stereocenters. The number of rotatable bonds is 7. The Balaban J connectivity index is 1.22. The van der Waals surface area contributed by atoms with Crippen LogP contribution in [0, 0.1) is 20.8 Å². The molecule has 12 heteroatoms. The Labute approximate surface area is 278 Å². The van der Waals surface area contributed by atoms with Gasteiger partial charge in [0.05, 0.1) is 12.1 Å². The third-order valence-electron chi connectivity index (χ3n) is 9.49. The second kappa shape index (κ2) is 11.8. The van der Waals surface area contributed by atoms with Crippen LogP contribution >= 0.6 is 22.9 Å². The van der Waals surface area contributed by atoms with Crippen LogP contribution in [0.2, 0.25) is 5.02 Å². The molecule has 1 atom stereocenters. The molecule has 3 amide bonds. The second-order valence-electron chi connectivity index (χ2n) is 13.6. The molecule has 3 aliphatic rings. The lowest BCUT2D eigenvalue weighted by atomic mass is 9.84. The van der Waals surface area contributed by atoms with E-state index < -0.39 is 11.6 Å².